The quantitative estimate of drug-likeness (QED) is 0.515. The number of amides is 1. The van der Waals surface area contributed by atoms with Crippen molar-refractivity contribution in [1.29, 1.82) is 0 Å². The second kappa shape index (κ2) is 6.58. The van der Waals surface area contributed by atoms with E-state index in [1.165, 1.54) is 11.8 Å². The SMILES string of the molecule is Cc1cnc(SCC(=O)Nc2ccc(Cl)cc2N)nc1. The normalized spacial score (nSPS) is 10.3. The van der Waals surface area contributed by atoms with E-state index in [9.17, 15) is 4.79 Å². The molecule has 0 atom stereocenters. The van der Waals surface area contributed by atoms with Crippen LogP contribution in [0.3, 0.4) is 0 Å². The summed E-state index contributed by atoms with van der Waals surface area (Å²) in [4.78, 5) is 20.0. The highest BCUT2D eigenvalue weighted by molar-refractivity contribution is 7.99. The Balaban J connectivity index is 1.90. The van der Waals surface area contributed by atoms with E-state index in [0.717, 1.165) is 5.56 Å². The highest BCUT2D eigenvalue weighted by Crippen LogP contribution is 2.23. The summed E-state index contributed by atoms with van der Waals surface area (Å²) >= 11 is 7.06. The van der Waals surface area contributed by atoms with Crippen LogP contribution in [0.2, 0.25) is 5.02 Å². The molecular weight excluding hydrogens is 296 g/mol. The van der Waals surface area contributed by atoms with Gasteiger partial charge in [-0.15, -0.1) is 0 Å². The smallest absolute Gasteiger partial charge is 0.234 e. The zero-order valence-corrected chi connectivity index (χ0v) is 12.3. The maximum Gasteiger partial charge on any atom is 0.234 e. The number of aromatic nitrogens is 2. The summed E-state index contributed by atoms with van der Waals surface area (Å²) in [7, 11) is 0. The minimum absolute atomic E-state index is 0.173. The number of aryl methyl sites for hydroxylation is 1. The fraction of sp³-hybridized carbons (Fsp3) is 0.154. The van der Waals surface area contributed by atoms with E-state index >= 15 is 0 Å². The Morgan fingerprint density at radius 2 is 2.10 bits per heavy atom. The van der Waals surface area contributed by atoms with Crippen molar-refractivity contribution in [3.63, 3.8) is 0 Å². The molecule has 0 bridgehead atoms. The number of anilines is 2. The van der Waals surface area contributed by atoms with Crippen LogP contribution in [0, 0.1) is 6.92 Å². The van der Waals surface area contributed by atoms with Crippen LogP contribution in [0.15, 0.2) is 35.7 Å². The van der Waals surface area contributed by atoms with Crippen molar-refractivity contribution in [2.45, 2.75) is 12.1 Å². The summed E-state index contributed by atoms with van der Waals surface area (Å²) < 4.78 is 0. The van der Waals surface area contributed by atoms with Gasteiger partial charge in [-0.1, -0.05) is 23.4 Å². The predicted molar refractivity (Wildman–Crippen MR) is 82.0 cm³/mol. The van der Waals surface area contributed by atoms with Gasteiger partial charge in [-0.2, -0.15) is 0 Å². The van der Waals surface area contributed by atoms with E-state index in [-0.39, 0.29) is 11.7 Å². The zero-order chi connectivity index (χ0) is 14.5. The van der Waals surface area contributed by atoms with Crippen LogP contribution in [-0.4, -0.2) is 21.6 Å². The third-order valence-corrected chi connectivity index (χ3v) is 3.49. The summed E-state index contributed by atoms with van der Waals surface area (Å²) in [5, 5.41) is 3.82. The maximum atomic E-state index is 11.8. The summed E-state index contributed by atoms with van der Waals surface area (Å²) in [5.74, 6) is 0.0405. The molecule has 1 aromatic heterocycles. The van der Waals surface area contributed by atoms with Gasteiger partial charge in [-0.05, 0) is 30.7 Å². The number of halogens is 1. The Bertz CT molecular complexity index is 618. The van der Waals surface area contributed by atoms with Crippen molar-refractivity contribution in [2.24, 2.45) is 0 Å². The predicted octanol–water partition coefficient (Wildman–Crippen LogP) is 2.75. The molecule has 0 saturated heterocycles. The third kappa shape index (κ3) is 4.11. The summed E-state index contributed by atoms with van der Waals surface area (Å²) in [5.41, 5.74) is 7.72. The molecule has 104 valence electrons. The molecule has 0 unspecified atom stereocenters. The van der Waals surface area contributed by atoms with Crippen molar-refractivity contribution in [1.82, 2.24) is 9.97 Å². The first-order valence-corrected chi connectivity index (χ1v) is 7.17. The Morgan fingerprint density at radius 3 is 2.75 bits per heavy atom. The molecular formula is C13H13ClN4OS. The highest BCUT2D eigenvalue weighted by Gasteiger charge is 2.07. The van der Waals surface area contributed by atoms with E-state index in [1.807, 2.05) is 6.92 Å². The summed E-state index contributed by atoms with van der Waals surface area (Å²) in [6, 6.07) is 4.93. The minimum atomic E-state index is -0.173. The number of rotatable bonds is 4. The molecule has 0 aliphatic rings. The number of hydrogen-bond acceptors (Lipinski definition) is 5. The average molecular weight is 309 g/mol. The van der Waals surface area contributed by atoms with Crippen LogP contribution in [0.5, 0.6) is 0 Å². The van der Waals surface area contributed by atoms with Crippen LogP contribution in [-0.2, 0) is 4.79 Å². The fourth-order valence-corrected chi connectivity index (χ4v) is 2.19. The van der Waals surface area contributed by atoms with Gasteiger partial charge in [0, 0.05) is 17.4 Å². The molecule has 1 heterocycles. The van der Waals surface area contributed by atoms with Crippen LogP contribution in [0.1, 0.15) is 5.56 Å². The van der Waals surface area contributed by atoms with E-state index < -0.39 is 0 Å². The monoisotopic (exact) mass is 308 g/mol. The van der Waals surface area contributed by atoms with Crippen LogP contribution >= 0.6 is 23.4 Å². The Kier molecular flexibility index (Phi) is 4.81. The molecule has 0 saturated carbocycles. The minimum Gasteiger partial charge on any atom is -0.397 e. The molecule has 0 fully saturated rings. The Hall–Kier alpha value is -1.79. The number of thioether (sulfide) groups is 1. The first-order valence-electron chi connectivity index (χ1n) is 5.81. The molecule has 0 aliphatic heterocycles. The second-order valence-corrected chi connectivity index (χ2v) is 5.49. The van der Waals surface area contributed by atoms with Gasteiger partial charge in [0.05, 0.1) is 17.1 Å². The first-order chi connectivity index (χ1) is 9.54. The topological polar surface area (TPSA) is 80.9 Å². The summed E-state index contributed by atoms with van der Waals surface area (Å²) in [6.45, 7) is 1.91. The van der Waals surface area contributed by atoms with Gasteiger partial charge in [0.25, 0.3) is 0 Å². The second-order valence-electron chi connectivity index (χ2n) is 4.11. The number of nitrogens with two attached hydrogens (primary N) is 1. The van der Waals surface area contributed by atoms with Crippen LogP contribution in [0.25, 0.3) is 0 Å². The Labute approximate surface area is 126 Å². The molecule has 0 radical (unpaired) electrons. The molecule has 1 aromatic carbocycles. The molecule has 7 heteroatoms. The lowest BCUT2D eigenvalue weighted by atomic mass is 10.2. The molecule has 3 N–H and O–H groups in total. The number of nitrogens with one attached hydrogen (secondary N) is 1. The largest absolute Gasteiger partial charge is 0.397 e. The molecule has 0 aliphatic carbocycles. The van der Waals surface area contributed by atoms with Gasteiger partial charge in [-0.3, -0.25) is 4.79 Å². The maximum absolute atomic E-state index is 11.8. The highest BCUT2D eigenvalue weighted by atomic mass is 35.5. The van der Waals surface area contributed by atoms with Gasteiger partial charge in [0.2, 0.25) is 5.91 Å². The van der Waals surface area contributed by atoms with Crippen molar-refractivity contribution in [3.8, 4) is 0 Å². The zero-order valence-electron chi connectivity index (χ0n) is 10.8. The van der Waals surface area contributed by atoms with Crippen molar-refractivity contribution >= 4 is 40.6 Å². The number of nitrogen functional groups attached to an aromatic ring is 1. The van der Waals surface area contributed by atoms with Gasteiger partial charge in [0.15, 0.2) is 5.16 Å². The number of hydrogen-bond donors (Lipinski definition) is 2. The number of carbonyl (C=O) groups is 1. The summed E-state index contributed by atoms with van der Waals surface area (Å²) in [6.07, 6.45) is 3.43. The standard InChI is InChI=1S/C13H13ClN4OS/c1-8-5-16-13(17-6-8)20-7-12(19)18-11-3-2-9(14)4-10(11)15/h2-6H,7,15H2,1H3,(H,18,19). The van der Waals surface area contributed by atoms with E-state index in [4.69, 9.17) is 17.3 Å². The fourth-order valence-electron chi connectivity index (χ4n) is 1.42. The van der Waals surface area contributed by atoms with Crippen LogP contribution < -0.4 is 11.1 Å². The van der Waals surface area contributed by atoms with E-state index in [1.54, 1.807) is 30.6 Å². The van der Waals surface area contributed by atoms with Gasteiger partial charge in [0.1, 0.15) is 0 Å². The van der Waals surface area contributed by atoms with Gasteiger partial charge < -0.3 is 11.1 Å². The van der Waals surface area contributed by atoms with E-state index in [0.29, 0.717) is 21.6 Å². The van der Waals surface area contributed by atoms with Crippen LogP contribution in [0.4, 0.5) is 11.4 Å². The Morgan fingerprint density at radius 1 is 1.40 bits per heavy atom. The van der Waals surface area contributed by atoms with Crippen molar-refractivity contribution in [3.05, 3.63) is 41.2 Å². The number of nitrogens with zero attached hydrogens (tertiary/aromatic N) is 2. The molecule has 20 heavy (non-hydrogen) atoms. The van der Waals surface area contributed by atoms with Gasteiger partial charge >= 0.3 is 0 Å². The van der Waals surface area contributed by atoms with Crippen molar-refractivity contribution in [2.75, 3.05) is 16.8 Å². The number of benzene rings is 1. The molecule has 2 rings (SSSR count). The lowest BCUT2D eigenvalue weighted by Crippen LogP contribution is -2.15. The van der Waals surface area contributed by atoms with E-state index in [2.05, 4.69) is 15.3 Å². The molecule has 2 aromatic rings. The lowest BCUT2D eigenvalue weighted by Gasteiger charge is -2.08. The number of carbonyl (C=O) groups excluding carboxylic acids is 1. The van der Waals surface area contributed by atoms with Gasteiger partial charge in [-0.25, -0.2) is 9.97 Å². The van der Waals surface area contributed by atoms with Crippen molar-refractivity contribution < 1.29 is 4.79 Å². The first kappa shape index (κ1) is 14.6. The third-order valence-electron chi connectivity index (χ3n) is 2.38. The average Bonchev–Trinajstić information content (AvgIpc) is 2.41. The molecule has 5 nitrogen and oxygen atoms in total. The molecule has 1 amide bonds. The lowest BCUT2D eigenvalue weighted by molar-refractivity contribution is -0.113. The molecule has 0 spiro atoms.